The van der Waals surface area contributed by atoms with Gasteiger partial charge < -0.3 is 4.74 Å². The molecular formula is C15H16N2O3. The SMILES string of the molecule is CC(C)OC(=O)c1ccc2c(=O)n3c(nc2c1)CCC3. The Balaban J connectivity index is 2.10. The third-order valence-corrected chi connectivity index (χ3v) is 3.39. The fourth-order valence-corrected chi connectivity index (χ4v) is 2.49. The molecule has 104 valence electrons. The van der Waals surface area contributed by atoms with E-state index in [9.17, 15) is 9.59 Å². The van der Waals surface area contributed by atoms with Gasteiger partial charge in [-0.25, -0.2) is 9.78 Å². The Bertz CT molecular complexity index is 747. The van der Waals surface area contributed by atoms with Gasteiger partial charge in [-0.05, 0) is 38.5 Å². The Morgan fingerprint density at radius 3 is 2.95 bits per heavy atom. The van der Waals surface area contributed by atoms with Gasteiger partial charge in [-0.3, -0.25) is 9.36 Å². The van der Waals surface area contributed by atoms with Crippen LogP contribution in [0.2, 0.25) is 0 Å². The number of aromatic nitrogens is 2. The summed E-state index contributed by atoms with van der Waals surface area (Å²) in [5.41, 5.74) is 0.980. The summed E-state index contributed by atoms with van der Waals surface area (Å²) in [5.74, 6) is 0.418. The molecule has 0 fully saturated rings. The summed E-state index contributed by atoms with van der Waals surface area (Å²) < 4.78 is 6.87. The molecular weight excluding hydrogens is 256 g/mol. The molecule has 0 saturated heterocycles. The van der Waals surface area contributed by atoms with Crippen molar-refractivity contribution < 1.29 is 9.53 Å². The zero-order chi connectivity index (χ0) is 14.3. The van der Waals surface area contributed by atoms with Gasteiger partial charge in [-0.15, -0.1) is 0 Å². The number of carbonyl (C=O) groups is 1. The first-order valence-corrected chi connectivity index (χ1v) is 6.81. The summed E-state index contributed by atoms with van der Waals surface area (Å²) in [6.45, 7) is 4.33. The quantitative estimate of drug-likeness (QED) is 0.783. The van der Waals surface area contributed by atoms with Crippen LogP contribution in [0.3, 0.4) is 0 Å². The van der Waals surface area contributed by atoms with Crippen LogP contribution in [-0.2, 0) is 17.7 Å². The second-order valence-corrected chi connectivity index (χ2v) is 5.27. The summed E-state index contributed by atoms with van der Waals surface area (Å²) in [4.78, 5) is 28.7. The zero-order valence-electron chi connectivity index (χ0n) is 11.5. The van der Waals surface area contributed by atoms with Crippen molar-refractivity contribution in [1.82, 2.24) is 9.55 Å². The van der Waals surface area contributed by atoms with E-state index in [-0.39, 0.29) is 17.6 Å². The van der Waals surface area contributed by atoms with E-state index in [4.69, 9.17) is 4.74 Å². The number of nitrogens with zero attached hydrogens (tertiary/aromatic N) is 2. The summed E-state index contributed by atoms with van der Waals surface area (Å²) in [7, 11) is 0. The van der Waals surface area contributed by atoms with Crippen molar-refractivity contribution in [3.8, 4) is 0 Å². The molecule has 0 saturated carbocycles. The Morgan fingerprint density at radius 2 is 2.20 bits per heavy atom. The molecule has 20 heavy (non-hydrogen) atoms. The van der Waals surface area contributed by atoms with E-state index in [1.807, 2.05) is 0 Å². The lowest BCUT2D eigenvalue weighted by Crippen LogP contribution is -2.21. The number of aryl methyl sites for hydroxylation is 1. The van der Waals surface area contributed by atoms with E-state index in [0.717, 1.165) is 25.2 Å². The topological polar surface area (TPSA) is 61.2 Å². The van der Waals surface area contributed by atoms with E-state index in [0.29, 0.717) is 16.5 Å². The van der Waals surface area contributed by atoms with Crippen molar-refractivity contribution in [2.75, 3.05) is 0 Å². The summed E-state index contributed by atoms with van der Waals surface area (Å²) >= 11 is 0. The molecule has 0 bridgehead atoms. The Kier molecular flexibility index (Phi) is 3.04. The lowest BCUT2D eigenvalue weighted by atomic mass is 10.1. The van der Waals surface area contributed by atoms with Crippen molar-refractivity contribution in [3.63, 3.8) is 0 Å². The number of hydrogen-bond acceptors (Lipinski definition) is 4. The standard InChI is InChI=1S/C15H16N2O3/c1-9(2)20-15(19)10-5-6-11-12(8-10)16-13-4-3-7-17(13)14(11)18/h5-6,8-9H,3-4,7H2,1-2H3. The molecule has 3 rings (SSSR count). The van der Waals surface area contributed by atoms with Crippen molar-refractivity contribution in [2.45, 2.75) is 39.3 Å². The third-order valence-electron chi connectivity index (χ3n) is 3.39. The highest BCUT2D eigenvalue weighted by molar-refractivity contribution is 5.94. The predicted molar refractivity (Wildman–Crippen MR) is 74.9 cm³/mol. The van der Waals surface area contributed by atoms with Gasteiger partial charge in [0, 0.05) is 13.0 Å². The number of rotatable bonds is 2. The van der Waals surface area contributed by atoms with Crippen LogP contribution in [0, 0.1) is 0 Å². The van der Waals surface area contributed by atoms with E-state index < -0.39 is 0 Å². The number of esters is 1. The molecule has 5 heteroatoms. The first-order chi connectivity index (χ1) is 9.56. The average molecular weight is 272 g/mol. The maximum atomic E-state index is 12.3. The number of ether oxygens (including phenoxy) is 1. The molecule has 2 heterocycles. The minimum absolute atomic E-state index is 0.0220. The van der Waals surface area contributed by atoms with Crippen LogP contribution in [0.15, 0.2) is 23.0 Å². The largest absolute Gasteiger partial charge is 0.459 e. The molecule has 2 aromatic rings. The Labute approximate surface area is 116 Å². The highest BCUT2D eigenvalue weighted by Gasteiger charge is 2.17. The maximum absolute atomic E-state index is 12.3. The minimum Gasteiger partial charge on any atom is -0.459 e. The molecule has 5 nitrogen and oxygen atoms in total. The lowest BCUT2D eigenvalue weighted by Gasteiger charge is -2.09. The van der Waals surface area contributed by atoms with Gasteiger partial charge in [0.15, 0.2) is 0 Å². The number of carbonyl (C=O) groups excluding carboxylic acids is 1. The zero-order valence-corrected chi connectivity index (χ0v) is 11.5. The van der Waals surface area contributed by atoms with Crippen LogP contribution in [-0.4, -0.2) is 21.6 Å². The molecule has 1 aromatic heterocycles. The molecule has 0 unspecified atom stereocenters. The molecule has 0 radical (unpaired) electrons. The third kappa shape index (κ3) is 2.09. The van der Waals surface area contributed by atoms with E-state index in [1.165, 1.54) is 0 Å². The van der Waals surface area contributed by atoms with E-state index >= 15 is 0 Å². The maximum Gasteiger partial charge on any atom is 0.338 e. The fourth-order valence-electron chi connectivity index (χ4n) is 2.49. The number of hydrogen-bond donors (Lipinski definition) is 0. The number of fused-ring (bicyclic) bond motifs is 2. The first-order valence-electron chi connectivity index (χ1n) is 6.81. The molecule has 0 spiro atoms. The molecule has 0 atom stereocenters. The Morgan fingerprint density at radius 1 is 1.40 bits per heavy atom. The number of benzene rings is 1. The van der Waals surface area contributed by atoms with Gasteiger partial charge in [0.2, 0.25) is 0 Å². The van der Waals surface area contributed by atoms with Crippen LogP contribution >= 0.6 is 0 Å². The molecule has 1 aliphatic heterocycles. The van der Waals surface area contributed by atoms with Crippen molar-refractivity contribution in [2.24, 2.45) is 0 Å². The fraction of sp³-hybridized carbons (Fsp3) is 0.400. The van der Waals surface area contributed by atoms with Gasteiger partial charge in [0.25, 0.3) is 5.56 Å². The normalized spacial score (nSPS) is 13.8. The highest BCUT2D eigenvalue weighted by Crippen LogP contribution is 2.16. The summed E-state index contributed by atoms with van der Waals surface area (Å²) in [6, 6.07) is 4.92. The minimum atomic E-state index is -0.385. The van der Waals surface area contributed by atoms with Crippen LogP contribution in [0.1, 0.15) is 36.5 Å². The predicted octanol–water partition coefficient (Wildman–Crippen LogP) is 1.91. The summed E-state index contributed by atoms with van der Waals surface area (Å²) in [5, 5.41) is 0.553. The smallest absolute Gasteiger partial charge is 0.338 e. The average Bonchev–Trinajstić information content (AvgIpc) is 2.86. The Hall–Kier alpha value is -2.17. The monoisotopic (exact) mass is 272 g/mol. The second kappa shape index (κ2) is 4.74. The molecule has 0 N–H and O–H groups in total. The first kappa shape index (κ1) is 12.8. The van der Waals surface area contributed by atoms with Gasteiger partial charge in [0.1, 0.15) is 5.82 Å². The molecule has 1 aromatic carbocycles. The molecule has 1 aliphatic rings. The highest BCUT2D eigenvalue weighted by atomic mass is 16.5. The van der Waals surface area contributed by atoms with Crippen molar-refractivity contribution in [3.05, 3.63) is 39.9 Å². The second-order valence-electron chi connectivity index (χ2n) is 5.27. The van der Waals surface area contributed by atoms with Crippen LogP contribution in [0.5, 0.6) is 0 Å². The van der Waals surface area contributed by atoms with E-state index in [2.05, 4.69) is 4.98 Å². The van der Waals surface area contributed by atoms with Crippen molar-refractivity contribution >= 4 is 16.9 Å². The van der Waals surface area contributed by atoms with Gasteiger partial charge in [-0.2, -0.15) is 0 Å². The van der Waals surface area contributed by atoms with Crippen LogP contribution < -0.4 is 5.56 Å². The molecule has 0 aliphatic carbocycles. The molecule has 0 amide bonds. The van der Waals surface area contributed by atoms with Gasteiger partial charge in [-0.1, -0.05) is 0 Å². The lowest BCUT2D eigenvalue weighted by molar-refractivity contribution is 0.0378. The summed E-state index contributed by atoms with van der Waals surface area (Å²) in [6.07, 6.45) is 1.59. The van der Waals surface area contributed by atoms with Gasteiger partial charge >= 0.3 is 5.97 Å². The van der Waals surface area contributed by atoms with E-state index in [1.54, 1.807) is 36.6 Å². The van der Waals surface area contributed by atoms with Gasteiger partial charge in [0.05, 0.1) is 22.6 Å². The van der Waals surface area contributed by atoms with Crippen LogP contribution in [0.25, 0.3) is 10.9 Å². The van der Waals surface area contributed by atoms with Crippen molar-refractivity contribution in [1.29, 1.82) is 0 Å². The van der Waals surface area contributed by atoms with Crippen LogP contribution in [0.4, 0.5) is 0 Å².